The van der Waals surface area contributed by atoms with Crippen LogP contribution in [0.4, 0.5) is 0 Å². The lowest BCUT2D eigenvalue weighted by atomic mass is 10.1. The second-order valence-electron chi connectivity index (χ2n) is 5.76. The highest BCUT2D eigenvalue weighted by atomic mass is 32.1. The molecule has 1 fully saturated rings. The van der Waals surface area contributed by atoms with Crippen molar-refractivity contribution in [3.8, 4) is 0 Å². The molecule has 0 unspecified atom stereocenters. The molecule has 0 saturated carbocycles. The molecule has 22 heavy (non-hydrogen) atoms. The number of carbonyl (C=O) groups excluding carboxylic acids is 2. The van der Waals surface area contributed by atoms with Gasteiger partial charge in [0.15, 0.2) is 0 Å². The first-order valence-electron chi connectivity index (χ1n) is 8.33. The smallest absolute Gasteiger partial charge is 0.261 e. The number of hydrogen-bond donors (Lipinski definition) is 1. The minimum absolute atomic E-state index is 0.0230. The molecule has 122 valence electrons. The van der Waals surface area contributed by atoms with Crippen LogP contribution in [0.5, 0.6) is 0 Å². The van der Waals surface area contributed by atoms with Crippen molar-refractivity contribution in [3.05, 3.63) is 21.4 Å². The Balaban J connectivity index is 1.78. The zero-order chi connectivity index (χ0) is 15.9. The Morgan fingerprint density at radius 2 is 2.23 bits per heavy atom. The lowest BCUT2D eigenvalue weighted by Crippen LogP contribution is -2.30. The van der Waals surface area contributed by atoms with Gasteiger partial charge in [-0.2, -0.15) is 0 Å². The summed E-state index contributed by atoms with van der Waals surface area (Å²) in [6.07, 6.45) is 5.63. The molecule has 1 aliphatic heterocycles. The fourth-order valence-electron chi connectivity index (χ4n) is 2.82. The average Bonchev–Trinajstić information content (AvgIpc) is 3.10. The summed E-state index contributed by atoms with van der Waals surface area (Å²) in [7, 11) is 0. The zero-order valence-electron chi connectivity index (χ0n) is 13.6. The number of nitrogens with one attached hydrogen (secondary N) is 1. The van der Waals surface area contributed by atoms with Crippen LogP contribution in [0.25, 0.3) is 0 Å². The molecule has 0 radical (unpaired) electrons. The van der Waals surface area contributed by atoms with Gasteiger partial charge in [-0.15, -0.1) is 11.3 Å². The molecule has 2 amide bonds. The molecule has 2 heterocycles. The average molecular weight is 322 g/mol. The number of amides is 2. The molecule has 2 rings (SSSR count). The third-order valence-electron chi connectivity index (χ3n) is 4.04. The fraction of sp³-hybridized carbons (Fsp3) is 0.647. The van der Waals surface area contributed by atoms with Gasteiger partial charge in [-0.25, -0.2) is 0 Å². The van der Waals surface area contributed by atoms with E-state index in [0.717, 1.165) is 50.1 Å². The van der Waals surface area contributed by atoms with Crippen LogP contribution in [0.15, 0.2) is 6.07 Å². The highest BCUT2D eigenvalue weighted by Crippen LogP contribution is 2.24. The van der Waals surface area contributed by atoms with Gasteiger partial charge in [-0.3, -0.25) is 9.59 Å². The van der Waals surface area contributed by atoms with Gasteiger partial charge >= 0.3 is 0 Å². The Morgan fingerprint density at radius 3 is 2.86 bits per heavy atom. The molecule has 5 heteroatoms. The maximum absolute atomic E-state index is 12.2. The number of rotatable bonds is 8. The van der Waals surface area contributed by atoms with Gasteiger partial charge < -0.3 is 10.2 Å². The summed E-state index contributed by atoms with van der Waals surface area (Å²) in [6.45, 7) is 6.56. The van der Waals surface area contributed by atoms with E-state index >= 15 is 0 Å². The van der Waals surface area contributed by atoms with E-state index in [4.69, 9.17) is 0 Å². The predicted molar refractivity (Wildman–Crippen MR) is 90.5 cm³/mol. The van der Waals surface area contributed by atoms with Crippen molar-refractivity contribution in [2.45, 2.75) is 52.4 Å². The van der Waals surface area contributed by atoms with Crippen molar-refractivity contribution < 1.29 is 9.59 Å². The van der Waals surface area contributed by atoms with Crippen LogP contribution in [0.3, 0.4) is 0 Å². The summed E-state index contributed by atoms with van der Waals surface area (Å²) < 4.78 is 0. The number of carbonyl (C=O) groups is 2. The Morgan fingerprint density at radius 1 is 1.41 bits per heavy atom. The molecule has 0 spiro atoms. The van der Waals surface area contributed by atoms with E-state index in [1.165, 1.54) is 10.4 Å². The summed E-state index contributed by atoms with van der Waals surface area (Å²) in [5.74, 6) is 0.274. The first-order chi connectivity index (χ1) is 10.7. The number of hydrogen-bond acceptors (Lipinski definition) is 3. The summed E-state index contributed by atoms with van der Waals surface area (Å²) in [5.41, 5.74) is 1.31. The predicted octanol–water partition coefficient (Wildman–Crippen LogP) is 3.01. The fourth-order valence-corrected chi connectivity index (χ4v) is 4.09. The van der Waals surface area contributed by atoms with E-state index in [1.54, 1.807) is 11.3 Å². The van der Waals surface area contributed by atoms with Crippen molar-refractivity contribution in [1.29, 1.82) is 0 Å². The molecule has 1 aliphatic rings. The summed E-state index contributed by atoms with van der Waals surface area (Å²) in [5, 5.41) is 2.98. The third-order valence-corrected chi connectivity index (χ3v) is 5.28. The van der Waals surface area contributed by atoms with Crippen molar-refractivity contribution in [2.75, 3.05) is 19.6 Å². The van der Waals surface area contributed by atoms with Crippen LogP contribution in [0.2, 0.25) is 0 Å². The molecular weight excluding hydrogens is 296 g/mol. The SMILES string of the molecule is CCCc1sc(C(=O)NCCCN2CCCC2=O)cc1CC. The number of likely N-dealkylation sites (tertiary alicyclic amines) is 1. The maximum atomic E-state index is 12.2. The third kappa shape index (κ3) is 4.32. The Labute approximate surface area is 136 Å². The first-order valence-corrected chi connectivity index (χ1v) is 9.14. The van der Waals surface area contributed by atoms with Crippen LogP contribution >= 0.6 is 11.3 Å². The van der Waals surface area contributed by atoms with E-state index < -0.39 is 0 Å². The topological polar surface area (TPSA) is 49.4 Å². The van der Waals surface area contributed by atoms with Gasteiger partial charge in [0.1, 0.15) is 0 Å². The van der Waals surface area contributed by atoms with Gasteiger partial charge in [0, 0.05) is 30.9 Å². The summed E-state index contributed by atoms with van der Waals surface area (Å²) in [6, 6.07) is 2.04. The molecule has 1 aromatic rings. The zero-order valence-corrected chi connectivity index (χ0v) is 14.4. The number of aryl methyl sites for hydroxylation is 2. The van der Waals surface area contributed by atoms with Crippen LogP contribution in [-0.2, 0) is 17.6 Å². The molecule has 0 aromatic carbocycles. The highest BCUT2D eigenvalue weighted by Gasteiger charge is 2.19. The van der Waals surface area contributed by atoms with Gasteiger partial charge in [0.25, 0.3) is 5.91 Å². The molecule has 1 saturated heterocycles. The van der Waals surface area contributed by atoms with E-state index in [0.29, 0.717) is 13.0 Å². The van der Waals surface area contributed by atoms with Crippen LogP contribution in [0.1, 0.15) is 59.6 Å². The normalized spacial score (nSPS) is 14.6. The molecule has 4 nitrogen and oxygen atoms in total. The molecule has 1 N–H and O–H groups in total. The largest absolute Gasteiger partial charge is 0.351 e. The maximum Gasteiger partial charge on any atom is 0.261 e. The van der Waals surface area contributed by atoms with Crippen molar-refractivity contribution in [3.63, 3.8) is 0 Å². The summed E-state index contributed by atoms with van der Waals surface area (Å²) >= 11 is 1.62. The number of nitrogens with zero attached hydrogens (tertiary/aromatic N) is 1. The molecule has 0 aliphatic carbocycles. The van der Waals surface area contributed by atoms with Gasteiger partial charge in [0.2, 0.25) is 5.91 Å². The highest BCUT2D eigenvalue weighted by molar-refractivity contribution is 7.14. The van der Waals surface area contributed by atoms with Gasteiger partial charge in [0.05, 0.1) is 4.88 Å². The minimum atomic E-state index is 0.0230. The Kier molecular flexibility index (Phi) is 6.43. The van der Waals surface area contributed by atoms with E-state index in [2.05, 4.69) is 19.2 Å². The molecule has 1 aromatic heterocycles. The molecule has 0 atom stereocenters. The minimum Gasteiger partial charge on any atom is -0.351 e. The second kappa shape index (κ2) is 8.32. The summed E-state index contributed by atoms with van der Waals surface area (Å²) in [4.78, 5) is 27.8. The second-order valence-corrected chi connectivity index (χ2v) is 6.89. The lowest BCUT2D eigenvalue weighted by Gasteiger charge is -2.15. The van der Waals surface area contributed by atoms with Crippen molar-refractivity contribution in [2.24, 2.45) is 0 Å². The molecular formula is C17H26N2O2S. The Bertz CT molecular complexity index is 525. The molecule has 0 bridgehead atoms. The number of thiophene rings is 1. The lowest BCUT2D eigenvalue weighted by molar-refractivity contribution is -0.127. The Hall–Kier alpha value is -1.36. The quantitative estimate of drug-likeness (QED) is 0.748. The van der Waals surface area contributed by atoms with Crippen LogP contribution in [0, 0.1) is 0 Å². The van der Waals surface area contributed by atoms with Crippen molar-refractivity contribution >= 4 is 23.2 Å². The van der Waals surface area contributed by atoms with Crippen LogP contribution in [-0.4, -0.2) is 36.3 Å². The van der Waals surface area contributed by atoms with Crippen LogP contribution < -0.4 is 5.32 Å². The van der Waals surface area contributed by atoms with Crippen molar-refractivity contribution in [1.82, 2.24) is 10.2 Å². The van der Waals surface area contributed by atoms with Gasteiger partial charge in [-0.1, -0.05) is 20.3 Å². The standard InChI is InChI=1S/C17H26N2O2S/c1-3-7-14-13(4-2)12-15(22-14)17(21)18-9-6-11-19-10-5-8-16(19)20/h12H,3-11H2,1-2H3,(H,18,21). The van der Waals surface area contributed by atoms with E-state index in [-0.39, 0.29) is 11.8 Å². The van der Waals surface area contributed by atoms with E-state index in [1.807, 2.05) is 11.0 Å². The monoisotopic (exact) mass is 322 g/mol. The van der Waals surface area contributed by atoms with E-state index in [9.17, 15) is 9.59 Å². The first kappa shape index (κ1) is 17.0. The van der Waals surface area contributed by atoms with Gasteiger partial charge in [-0.05, 0) is 37.3 Å².